The number of hydrogen-bond donors (Lipinski definition) is 0. The molecule has 0 N–H and O–H groups in total. The number of hydrogen-bond acceptors (Lipinski definition) is 5. The molecule has 0 bridgehead atoms. The first kappa shape index (κ1) is 18.1. The summed E-state index contributed by atoms with van der Waals surface area (Å²) in [6, 6.07) is 9.36. The number of carbonyl (C=O) groups is 1. The van der Waals surface area contributed by atoms with Crippen LogP contribution in [0.25, 0.3) is 10.2 Å². The summed E-state index contributed by atoms with van der Waals surface area (Å²) in [4.78, 5) is 31.6. The van der Waals surface area contributed by atoms with Crippen molar-refractivity contribution in [1.82, 2.24) is 14.5 Å². The molecule has 136 valence electrons. The molecule has 1 amide bonds. The Balaban J connectivity index is 1.66. The third kappa shape index (κ3) is 3.62. The predicted molar refractivity (Wildman–Crippen MR) is 103 cm³/mol. The lowest BCUT2D eigenvalue weighted by molar-refractivity contribution is -0.132. The molecular formula is C19H21N3O3S. The van der Waals surface area contributed by atoms with Gasteiger partial charge >= 0.3 is 0 Å². The van der Waals surface area contributed by atoms with Crippen LogP contribution in [0.4, 0.5) is 0 Å². The van der Waals surface area contributed by atoms with E-state index < -0.39 is 0 Å². The predicted octanol–water partition coefficient (Wildman–Crippen LogP) is 3.08. The van der Waals surface area contributed by atoms with Crippen LogP contribution >= 0.6 is 11.3 Å². The van der Waals surface area contributed by atoms with Gasteiger partial charge in [0.25, 0.3) is 5.56 Å². The fourth-order valence-corrected chi connectivity index (χ4v) is 3.49. The Hall–Kier alpha value is -2.67. The van der Waals surface area contributed by atoms with E-state index in [-0.39, 0.29) is 23.9 Å². The molecule has 0 aliphatic carbocycles. The lowest BCUT2D eigenvalue weighted by atomic mass is 10.1. The molecule has 6 nitrogen and oxygen atoms in total. The van der Waals surface area contributed by atoms with Gasteiger partial charge in [0.2, 0.25) is 5.91 Å². The number of carbonyl (C=O) groups excluding carboxylic acids is 1. The van der Waals surface area contributed by atoms with Gasteiger partial charge in [-0.1, -0.05) is 12.1 Å². The molecule has 1 unspecified atom stereocenters. The van der Waals surface area contributed by atoms with E-state index in [0.717, 1.165) is 16.1 Å². The Bertz CT molecular complexity index is 962. The zero-order valence-corrected chi connectivity index (χ0v) is 15.8. The van der Waals surface area contributed by atoms with Crippen LogP contribution in [-0.4, -0.2) is 34.5 Å². The van der Waals surface area contributed by atoms with E-state index in [1.54, 1.807) is 25.1 Å². The van der Waals surface area contributed by atoms with Gasteiger partial charge in [-0.25, -0.2) is 4.98 Å². The summed E-state index contributed by atoms with van der Waals surface area (Å²) in [5.74, 6) is 0.760. The first-order valence-corrected chi connectivity index (χ1v) is 9.21. The second-order valence-corrected chi connectivity index (χ2v) is 6.98. The van der Waals surface area contributed by atoms with Crippen molar-refractivity contribution in [3.63, 3.8) is 0 Å². The lowest BCUT2D eigenvalue weighted by Crippen LogP contribution is -2.31. The Labute approximate surface area is 155 Å². The Kier molecular flexibility index (Phi) is 5.37. The highest BCUT2D eigenvalue weighted by Gasteiger charge is 2.17. The molecule has 0 radical (unpaired) electrons. The molecule has 0 spiro atoms. The summed E-state index contributed by atoms with van der Waals surface area (Å²) >= 11 is 1.44. The van der Waals surface area contributed by atoms with Crippen LogP contribution in [0.3, 0.4) is 0 Å². The molecule has 1 atom stereocenters. The number of ether oxygens (including phenoxy) is 1. The lowest BCUT2D eigenvalue weighted by Gasteiger charge is -2.25. The van der Waals surface area contributed by atoms with Gasteiger partial charge in [-0.2, -0.15) is 0 Å². The summed E-state index contributed by atoms with van der Waals surface area (Å²) in [6.45, 7) is 2.29. The number of methoxy groups -OCH3 is 1. The summed E-state index contributed by atoms with van der Waals surface area (Å²) < 4.78 is 6.66. The second-order valence-electron chi connectivity index (χ2n) is 6.09. The topological polar surface area (TPSA) is 64.4 Å². The van der Waals surface area contributed by atoms with Gasteiger partial charge in [-0.3, -0.25) is 14.2 Å². The first-order valence-electron chi connectivity index (χ1n) is 8.33. The number of thiophene rings is 1. The number of aryl methyl sites for hydroxylation is 1. The Morgan fingerprint density at radius 1 is 1.31 bits per heavy atom. The summed E-state index contributed by atoms with van der Waals surface area (Å²) in [7, 11) is 3.40. The molecule has 26 heavy (non-hydrogen) atoms. The molecule has 0 aliphatic heterocycles. The Morgan fingerprint density at radius 2 is 2.04 bits per heavy atom. The minimum Gasteiger partial charge on any atom is -0.497 e. The van der Waals surface area contributed by atoms with Gasteiger partial charge < -0.3 is 9.64 Å². The summed E-state index contributed by atoms with van der Waals surface area (Å²) in [6.07, 6.45) is 1.76. The van der Waals surface area contributed by atoms with Crippen molar-refractivity contribution in [2.24, 2.45) is 0 Å². The third-order valence-electron chi connectivity index (χ3n) is 4.59. The highest BCUT2D eigenvalue weighted by molar-refractivity contribution is 7.16. The first-order chi connectivity index (χ1) is 12.5. The number of fused-ring (bicyclic) bond motifs is 1. The van der Waals surface area contributed by atoms with E-state index in [9.17, 15) is 9.59 Å². The van der Waals surface area contributed by atoms with E-state index in [0.29, 0.717) is 11.9 Å². The van der Waals surface area contributed by atoms with Gasteiger partial charge in [0.1, 0.15) is 10.6 Å². The highest BCUT2D eigenvalue weighted by atomic mass is 32.1. The quantitative estimate of drug-likeness (QED) is 0.668. The van der Waals surface area contributed by atoms with E-state index in [2.05, 4.69) is 4.98 Å². The molecule has 0 saturated heterocycles. The number of amides is 1. The van der Waals surface area contributed by atoms with Gasteiger partial charge in [0, 0.05) is 20.0 Å². The molecule has 7 heteroatoms. The largest absolute Gasteiger partial charge is 0.497 e. The zero-order valence-electron chi connectivity index (χ0n) is 15.0. The van der Waals surface area contributed by atoms with Crippen LogP contribution in [0.2, 0.25) is 0 Å². The van der Waals surface area contributed by atoms with Gasteiger partial charge in [0.15, 0.2) is 0 Å². The van der Waals surface area contributed by atoms with Gasteiger partial charge in [0.05, 0.1) is 24.9 Å². The zero-order chi connectivity index (χ0) is 18.7. The highest BCUT2D eigenvalue weighted by Crippen LogP contribution is 2.22. The van der Waals surface area contributed by atoms with Crippen molar-refractivity contribution in [2.45, 2.75) is 25.9 Å². The number of benzene rings is 1. The maximum atomic E-state index is 12.5. The average molecular weight is 371 g/mol. The molecule has 2 aromatic heterocycles. The molecule has 0 saturated carbocycles. The van der Waals surface area contributed by atoms with Crippen molar-refractivity contribution in [1.29, 1.82) is 0 Å². The molecule has 2 heterocycles. The maximum Gasteiger partial charge on any atom is 0.262 e. The number of nitrogens with zero attached hydrogens (tertiary/aromatic N) is 3. The number of rotatable bonds is 6. The standard InChI is InChI=1S/C19H21N3O3S/c1-13(14-4-6-15(25-3)7-5-14)21(2)17(23)8-10-22-12-20-18-16(19(22)24)9-11-26-18/h4-7,9,11-13H,8,10H2,1-3H3. The minimum atomic E-state index is -0.102. The second kappa shape index (κ2) is 7.70. The third-order valence-corrected chi connectivity index (χ3v) is 5.41. The smallest absolute Gasteiger partial charge is 0.262 e. The van der Waals surface area contributed by atoms with Crippen LogP contribution in [0.15, 0.2) is 46.8 Å². The SMILES string of the molecule is COc1ccc(C(C)N(C)C(=O)CCn2cnc3sccc3c2=O)cc1. The van der Waals surface area contributed by atoms with E-state index >= 15 is 0 Å². The van der Waals surface area contributed by atoms with Crippen LogP contribution in [0.5, 0.6) is 5.75 Å². The Morgan fingerprint density at radius 3 is 2.73 bits per heavy atom. The molecule has 0 fully saturated rings. The fourth-order valence-electron chi connectivity index (χ4n) is 2.77. The van der Waals surface area contributed by atoms with Crippen LogP contribution in [0, 0.1) is 0 Å². The minimum absolute atomic E-state index is 0.0226. The van der Waals surface area contributed by atoms with E-state index in [4.69, 9.17) is 4.74 Å². The summed E-state index contributed by atoms with van der Waals surface area (Å²) in [5, 5.41) is 2.45. The molecule has 1 aromatic carbocycles. The van der Waals surface area contributed by atoms with Crippen LogP contribution in [0.1, 0.15) is 24.9 Å². The molecule has 3 rings (SSSR count). The van der Waals surface area contributed by atoms with Crippen LogP contribution < -0.4 is 10.3 Å². The molecule has 0 aliphatic rings. The average Bonchev–Trinajstić information content (AvgIpc) is 3.16. The van der Waals surface area contributed by atoms with Crippen molar-refractivity contribution in [3.05, 3.63) is 58.0 Å². The van der Waals surface area contributed by atoms with Crippen LogP contribution in [-0.2, 0) is 11.3 Å². The van der Waals surface area contributed by atoms with E-state index in [1.807, 2.05) is 36.6 Å². The van der Waals surface area contributed by atoms with Gasteiger partial charge in [-0.05, 0) is 36.1 Å². The van der Waals surface area contributed by atoms with Crippen molar-refractivity contribution in [3.8, 4) is 5.75 Å². The molecule has 3 aromatic rings. The van der Waals surface area contributed by atoms with Crippen molar-refractivity contribution >= 4 is 27.5 Å². The fraction of sp³-hybridized carbons (Fsp3) is 0.316. The van der Waals surface area contributed by atoms with Crippen molar-refractivity contribution < 1.29 is 9.53 Å². The number of aromatic nitrogens is 2. The normalized spacial score (nSPS) is 12.1. The molecular weight excluding hydrogens is 350 g/mol. The maximum absolute atomic E-state index is 12.5. The van der Waals surface area contributed by atoms with Crippen molar-refractivity contribution in [2.75, 3.05) is 14.2 Å². The summed E-state index contributed by atoms with van der Waals surface area (Å²) in [5.41, 5.74) is 0.926. The van der Waals surface area contributed by atoms with E-state index in [1.165, 1.54) is 22.2 Å². The monoisotopic (exact) mass is 371 g/mol. The van der Waals surface area contributed by atoms with Gasteiger partial charge in [-0.15, -0.1) is 11.3 Å².